The van der Waals surface area contributed by atoms with Crippen LogP contribution < -0.4 is 10.6 Å². The van der Waals surface area contributed by atoms with Gasteiger partial charge in [-0.05, 0) is 69.5 Å². The normalized spacial score (nSPS) is 16.9. The minimum absolute atomic E-state index is 0.0619. The Morgan fingerprint density at radius 2 is 1.42 bits per heavy atom. The summed E-state index contributed by atoms with van der Waals surface area (Å²) in [6.45, 7) is 28.1. The Kier molecular flexibility index (Phi) is 14.1. The van der Waals surface area contributed by atoms with Crippen LogP contribution in [0.1, 0.15) is 102 Å². The van der Waals surface area contributed by atoms with Crippen molar-refractivity contribution >= 4 is 26.3 Å². The molecule has 0 aromatic carbocycles. The van der Waals surface area contributed by atoms with E-state index >= 15 is 0 Å². The molecule has 0 saturated heterocycles. The van der Waals surface area contributed by atoms with Crippen molar-refractivity contribution in [2.75, 3.05) is 0 Å². The lowest BCUT2D eigenvalue weighted by molar-refractivity contribution is -0.144. The second kappa shape index (κ2) is 14.7. The van der Waals surface area contributed by atoms with Crippen LogP contribution >= 0.6 is 0 Å². The third-order valence-corrected chi connectivity index (χ3v) is 12.0. The number of carbonyl (C=O) groups is 3. The molecule has 224 valence electrons. The van der Waals surface area contributed by atoms with Gasteiger partial charge in [0.1, 0.15) is 11.6 Å². The van der Waals surface area contributed by atoms with Crippen LogP contribution in [0.3, 0.4) is 0 Å². The molecule has 0 saturated carbocycles. The number of ether oxygens (including phenoxy) is 1. The summed E-state index contributed by atoms with van der Waals surface area (Å²) in [6, 6.07) is -1.34. The highest BCUT2D eigenvalue weighted by atomic mass is 28.4. The molecular formula is C29H58N2O6Si. The average Bonchev–Trinajstić information content (AvgIpc) is 2.70. The molecule has 0 rings (SSSR count). The van der Waals surface area contributed by atoms with E-state index in [1.807, 2.05) is 48.5 Å². The minimum Gasteiger partial charge on any atom is -0.480 e. The minimum atomic E-state index is -2.31. The number of hydrogen-bond acceptors (Lipinski definition) is 5. The smallest absolute Gasteiger partial charge is 0.407 e. The monoisotopic (exact) mass is 558 g/mol. The summed E-state index contributed by atoms with van der Waals surface area (Å²) >= 11 is 0. The van der Waals surface area contributed by atoms with E-state index in [0.717, 1.165) is 0 Å². The highest BCUT2D eigenvalue weighted by molar-refractivity contribution is 6.74. The topological polar surface area (TPSA) is 114 Å². The molecular weight excluding hydrogens is 500 g/mol. The average molecular weight is 559 g/mol. The molecule has 2 amide bonds. The zero-order valence-corrected chi connectivity index (χ0v) is 27.7. The summed E-state index contributed by atoms with van der Waals surface area (Å²) in [4.78, 5) is 38.3. The van der Waals surface area contributed by atoms with Crippen LogP contribution in [0, 0.1) is 23.7 Å². The standard InChI is InChI=1S/C29H58N2O6Si/c1-15-20(6)24(26(33)34)31-25(32)21(19(4)5)17-23(37-38(13,14)29(10,11)12)22(16-18(2)3)30-27(35)36-28(7,8)9/h18-24H,15-17H2,1-14H3,(H,30,35)(H,31,32)(H,33,34)/t20-,21?,22?,23?,24-/m0/s1. The van der Waals surface area contributed by atoms with Crippen LogP contribution in [0.25, 0.3) is 0 Å². The van der Waals surface area contributed by atoms with Crippen LogP contribution in [0.4, 0.5) is 4.79 Å². The maximum atomic E-state index is 13.5. The lowest BCUT2D eigenvalue weighted by Crippen LogP contribution is -2.55. The van der Waals surface area contributed by atoms with Gasteiger partial charge in [-0.15, -0.1) is 0 Å². The number of hydrogen-bond donors (Lipinski definition) is 3. The van der Waals surface area contributed by atoms with Crippen LogP contribution in [-0.2, 0) is 18.8 Å². The predicted octanol–water partition coefficient (Wildman–Crippen LogP) is 6.59. The number of amides is 2. The fourth-order valence-electron chi connectivity index (χ4n) is 4.00. The lowest BCUT2D eigenvalue weighted by atomic mass is 9.85. The Hall–Kier alpha value is -1.61. The quantitative estimate of drug-likeness (QED) is 0.207. The maximum absolute atomic E-state index is 13.5. The van der Waals surface area contributed by atoms with E-state index in [0.29, 0.717) is 19.3 Å². The van der Waals surface area contributed by atoms with Gasteiger partial charge in [-0.1, -0.05) is 68.7 Å². The van der Waals surface area contributed by atoms with E-state index in [1.165, 1.54) is 0 Å². The predicted molar refractivity (Wildman–Crippen MR) is 157 cm³/mol. The van der Waals surface area contributed by atoms with Gasteiger partial charge in [-0.2, -0.15) is 0 Å². The van der Waals surface area contributed by atoms with Gasteiger partial charge in [0.15, 0.2) is 8.32 Å². The summed E-state index contributed by atoms with van der Waals surface area (Å²) in [5.74, 6) is -1.83. The van der Waals surface area contributed by atoms with E-state index in [2.05, 4.69) is 58.3 Å². The number of aliphatic carboxylic acids is 1. The molecule has 8 nitrogen and oxygen atoms in total. The highest BCUT2D eigenvalue weighted by Crippen LogP contribution is 2.39. The summed E-state index contributed by atoms with van der Waals surface area (Å²) < 4.78 is 12.5. The molecule has 38 heavy (non-hydrogen) atoms. The molecule has 3 N–H and O–H groups in total. The van der Waals surface area contributed by atoms with Crippen molar-refractivity contribution < 1.29 is 28.7 Å². The second-order valence-electron chi connectivity index (χ2n) is 14.1. The third kappa shape index (κ3) is 12.5. The molecule has 0 aromatic rings. The van der Waals surface area contributed by atoms with Gasteiger partial charge in [0, 0.05) is 5.92 Å². The Bertz CT molecular complexity index is 770. The Morgan fingerprint density at radius 1 is 0.895 bits per heavy atom. The van der Waals surface area contributed by atoms with E-state index in [1.54, 1.807) is 0 Å². The molecule has 0 aliphatic carbocycles. The first-order valence-corrected chi connectivity index (χ1v) is 17.1. The van der Waals surface area contributed by atoms with Crippen LogP contribution in [0.15, 0.2) is 0 Å². The van der Waals surface area contributed by atoms with E-state index in [-0.39, 0.29) is 34.7 Å². The van der Waals surface area contributed by atoms with Crippen molar-refractivity contribution in [3.8, 4) is 0 Å². The van der Waals surface area contributed by atoms with E-state index in [9.17, 15) is 19.5 Å². The van der Waals surface area contributed by atoms with Gasteiger partial charge in [0.25, 0.3) is 0 Å². The molecule has 0 heterocycles. The molecule has 0 fully saturated rings. The first-order valence-electron chi connectivity index (χ1n) is 14.2. The Labute approximate surface area is 233 Å². The van der Waals surface area contributed by atoms with E-state index in [4.69, 9.17) is 9.16 Å². The van der Waals surface area contributed by atoms with Crippen molar-refractivity contribution in [1.82, 2.24) is 10.6 Å². The zero-order valence-electron chi connectivity index (χ0n) is 26.7. The van der Waals surface area contributed by atoms with Crippen molar-refractivity contribution in [3.05, 3.63) is 0 Å². The summed E-state index contributed by atoms with van der Waals surface area (Å²) in [5.41, 5.74) is -0.648. The fourth-order valence-corrected chi connectivity index (χ4v) is 5.37. The van der Waals surface area contributed by atoms with Crippen molar-refractivity contribution in [3.63, 3.8) is 0 Å². The number of carboxylic acid groups (broad SMARTS) is 1. The number of carboxylic acids is 1. The number of rotatable bonds is 14. The first kappa shape index (κ1) is 36.4. The number of alkyl carbamates (subject to hydrolysis) is 1. The molecule has 0 aliphatic rings. The van der Waals surface area contributed by atoms with Gasteiger partial charge in [-0.3, -0.25) is 4.79 Å². The SMILES string of the molecule is CC[C@H](C)[C@H](NC(=O)C(CC(O[Si](C)(C)C(C)(C)C)C(CC(C)C)NC(=O)OC(C)(C)C)C(C)C)C(=O)O. The zero-order chi connectivity index (χ0) is 30.2. The highest BCUT2D eigenvalue weighted by Gasteiger charge is 2.43. The number of nitrogens with one attached hydrogen (secondary N) is 2. The van der Waals surface area contributed by atoms with Gasteiger partial charge in [-0.25, -0.2) is 9.59 Å². The fraction of sp³-hybridized carbons (Fsp3) is 0.897. The van der Waals surface area contributed by atoms with Crippen LogP contribution in [-0.4, -0.2) is 55.2 Å². The Balaban J connectivity index is 6.40. The molecule has 9 heteroatoms. The third-order valence-electron chi connectivity index (χ3n) is 7.53. The molecule has 3 unspecified atom stereocenters. The van der Waals surface area contributed by atoms with Gasteiger partial charge in [0.05, 0.1) is 12.1 Å². The maximum Gasteiger partial charge on any atom is 0.407 e. The summed E-state index contributed by atoms with van der Waals surface area (Å²) in [7, 11) is -2.31. The second-order valence-corrected chi connectivity index (χ2v) is 18.9. The summed E-state index contributed by atoms with van der Waals surface area (Å²) in [6.07, 6.45) is 0.680. The molecule has 0 aliphatic heterocycles. The summed E-state index contributed by atoms with van der Waals surface area (Å²) in [5, 5.41) is 15.5. The number of carbonyl (C=O) groups excluding carboxylic acids is 2. The Morgan fingerprint density at radius 3 is 1.79 bits per heavy atom. The molecule has 0 bridgehead atoms. The van der Waals surface area contributed by atoms with Crippen LogP contribution in [0.2, 0.25) is 18.1 Å². The van der Waals surface area contributed by atoms with Gasteiger partial charge in [0.2, 0.25) is 5.91 Å². The largest absolute Gasteiger partial charge is 0.480 e. The van der Waals surface area contributed by atoms with Crippen LogP contribution in [0.5, 0.6) is 0 Å². The molecule has 0 spiro atoms. The van der Waals surface area contributed by atoms with Gasteiger partial charge >= 0.3 is 12.1 Å². The molecule has 0 radical (unpaired) electrons. The van der Waals surface area contributed by atoms with Gasteiger partial charge < -0.3 is 24.9 Å². The lowest BCUT2D eigenvalue weighted by Gasteiger charge is -2.43. The van der Waals surface area contributed by atoms with Crippen molar-refractivity contribution in [1.29, 1.82) is 0 Å². The van der Waals surface area contributed by atoms with E-state index < -0.39 is 44.0 Å². The molecule has 5 atom stereocenters. The first-order chi connectivity index (χ1) is 17.0. The van der Waals surface area contributed by atoms with Crippen molar-refractivity contribution in [2.45, 2.75) is 144 Å². The van der Waals surface area contributed by atoms with Crippen molar-refractivity contribution in [2.24, 2.45) is 23.7 Å². The molecule has 0 aromatic heterocycles.